The molecule has 1 fully saturated rings. The van der Waals surface area contributed by atoms with Gasteiger partial charge in [0, 0.05) is 25.2 Å². The summed E-state index contributed by atoms with van der Waals surface area (Å²) in [6.45, 7) is 3.21. The number of likely N-dealkylation sites (tertiary alicyclic amines) is 1. The zero-order valence-corrected chi connectivity index (χ0v) is 12.5. The maximum atomic E-state index is 12.2. The number of hydrogen-bond acceptors (Lipinski definition) is 3. The molecule has 114 valence electrons. The van der Waals surface area contributed by atoms with Gasteiger partial charge >= 0.3 is 0 Å². The molecule has 2 amide bonds. The van der Waals surface area contributed by atoms with Gasteiger partial charge in [0.05, 0.1) is 0 Å². The lowest BCUT2D eigenvalue weighted by Crippen LogP contribution is -2.47. The van der Waals surface area contributed by atoms with Crippen LogP contribution in [0.4, 0.5) is 5.69 Å². The Labute approximate surface area is 125 Å². The molecule has 5 heteroatoms. The molecule has 0 aliphatic carbocycles. The lowest BCUT2D eigenvalue weighted by molar-refractivity contribution is -0.137. The van der Waals surface area contributed by atoms with Gasteiger partial charge in [-0.3, -0.25) is 9.59 Å². The van der Waals surface area contributed by atoms with Crippen LogP contribution in [-0.2, 0) is 16.0 Å². The van der Waals surface area contributed by atoms with E-state index in [0.717, 1.165) is 24.1 Å². The molecule has 1 aromatic rings. The van der Waals surface area contributed by atoms with E-state index in [1.807, 2.05) is 31.2 Å². The van der Waals surface area contributed by atoms with Crippen molar-refractivity contribution >= 4 is 17.5 Å². The Morgan fingerprint density at radius 1 is 1.38 bits per heavy atom. The van der Waals surface area contributed by atoms with E-state index in [4.69, 9.17) is 5.73 Å². The van der Waals surface area contributed by atoms with Crippen LogP contribution in [-0.4, -0.2) is 35.8 Å². The molecule has 0 bridgehead atoms. The van der Waals surface area contributed by atoms with Crippen molar-refractivity contribution in [1.82, 2.24) is 10.2 Å². The fourth-order valence-electron chi connectivity index (χ4n) is 2.68. The fourth-order valence-corrected chi connectivity index (χ4v) is 2.68. The van der Waals surface area contributed by atoms with Gasteiger partial charge in [0.2, 0.25) is 11.8 Å². The van der Waals surface area contributed by atoms with E-state index < -0.39 is 0 Å². The summed E-state index contributed by atoms with van der Waals surface area (Å²) in [7, 11) is 0. The summed E-state index contributed by atoms with van der Waals surface area (Å²) < 4.78 is 0. The Bertz CT molecular complexity index is 499. The first-order valence-electron chi connectivity index (χ1n) is 7.53. The van der Waals surface area contributed by atoms with Crippen LogP contribution >= 0.6 is 0 Å². The van der Waals surface area contributed by atoms with Crippen molar-refractivity contribution in [1.29, 1.82) is 0 Å². The summed E-state index contributed by atoms with van der Waals surface area (Å²) in [5.41, 5.74) is 7.51. The second kappa shape index (κ2) is 7.11. The second-order valence-electron chi connectivity index (χ2n) is 5.40. The van der Waals surface area contributed by atoms with Crippen LogP contribution in [0.15, 0.2) is 24.3 Å². The minimum Gasteiger partial charge on any atom is -0.399 e. The highest BCUT2D eigenvalue weighted by atomic mass is 16.2. The number of nitrogen functional groups attached to an aromatic ring is 1. The molecule has 21 heavy (non-hydrogen) atoms. The van der Waals surface area contributed by atoms with E-state index in [0.29, 0.717) is 25.9 Å². The highest BCUT2D eigenvalue weighted by Crippen LogP contribution is 2.15. The number of rotatable bonds is 6. The van der Waals surface area contributed by atoms with Gasteiger partial charge in [0.25, 0.3) is 0 Å². The van der Waals surface area contributed by atoms with Crippen LogP contribution in [0.2, 0.25) is 0 Å². The lowest BCUT2D eigenvalue weighted by Gasteiger charge is -2.25. The van der Waals surface area contributed by atoms with E-state index in [1.165, 1.54) is 0 Å². The van der Waals surface area contributed by atoms with E-state index in [-0.39, 0.29) is 17.9 Å². The Balaban J connectivity index is 1.82. The highest BCUT2D eigenvalue weighted by molar-refractivity contribution is 5.88. The third kappa shape index (κ3) is 3.97. The molecule has 0 radical (unpaired) electrons. The zero-order valence-electron chi connectivity index (χ0n) is 12.5. The molecular formula is C16H23N3O2. The third-order valence-electron chi connectivity index (χ3n) is 3.87. The summed E-state index contributed by atoms with van der Waals surface area (Å²) in [4.78, 5) is 25.7. The van der Waals surface area contributed by atoms with Crippen molar-refractivity contribution in [3.63, 3.8) is 0 Å². The Morgan fingerprint density at radius 2 is 2.10 bits per heavy atom. The Morgan fingerprint density at radius 3 is 2.67 bits per heavy atom. The fraction of sp³-hybridized carbons (Fsp3) is 0.500. The summed E-state index contributed by atoms with van der Waals surface area (Å²) in [5, 5.41) is 2.93. The smallest absolute Gasteiger partial charge is 0.242 e. The molecule has 1 saturated heterocycles. The van der Waals surface area contributed by atoms with Crippen molar-refractivity contribution in [3.8, 4) is 0 Å². The molecule has 1 unspecified atom stereocenters. The van der Waals surface area contributed by atoms with Gasteiger partial charge in [-0.2, -0.15) is 0 Å². The van der Waals surface area contributed by atoms with Crippen molar-refractivity contribution in [2.75, 3.05) is 18.8 Å². The van der Waals surface area contributed by atoms with Gasteiger partial charge in [-0.05, 0) is 37.0 Å². The molecule has 1 heterocycles. The monoisotopic (exact) mass is 289 g/mol. The average Bonchev–Trinajstić information content (AvgIpc) is 2.88. The van der Waals surface area contributed by atoms with Crippen molar-refractivity contribution < 1.29 is 9.59 Å². The molecule has 1 aliphatic heterocycles. The van der Waals surface area contributed by atoms with Crippen molar-refractivity contribution in [2.45, 2.75) is 38.6 Å². The van der Waals surface area contributed by atoms with E-state index in [1.54, 1.807) is 4.90 Å². The SMILES string of the molecule is CCC(C(=O)NCCc1ccc(N)cc1)N1CCCC1=O. The maximum Gasteiger partial charge on any atom is 0.242 e. The predicted octanol–water partition coefficient (Wildman–Crippen LogP) is 1.33. The number of hydrogen-bond donors (Lipinski definition) is 2. The second-order valence-corrected chi connectivity index (χ2v) is 5.40. The van der Waals surface area contributed by atoms with Crippen molar-refractivity contribution in [3.05, 3.63) is 29.8 Å². The van der Waals surface area contributed by atoms with Crippen LogP contribution in [0.3, 0.4) is 0 Å². The molecule has 0 spiro atoms. The molecular weight excluding hydrogens is 266 g/mol. The molecule has 5 nitrogen and oxygen atoms in total. The number of nitrogens with one attached hydrogen (secondary N) is 1. The topological polar surface area (TPSA) is 75.4 Å². The van der Waals surface area contributed by atoms with E-state index >= 15 is 0 Å². The quantitative estimate of drug-likeness (QED) is 0.776. The molecule has 1 atom stereocenters. The van der Waals surface area contributed by atoms with Gasteiger partial charge in [-0.15, -0.1) is 0 Å². The number of carbonyl (C=O) groups is 2. The molecule has 0 aromatic heterocycles. The molecule has 3 N–H and O–H groups in total. The number of nitrogens with zero attached hydrogens (tertiary/aromatic N) is 1. The predicted molar refractivity (Wildman–Crippen MR) is 82.6 cm³/mol. The number of nitrogens with two attached hydrogens (primary N) is 1. The summed E-state index contributed by atoms with van der Waals surface area (Å²) in [5.74, 6) is 0.0405. The van der Waals surface area contributed by atoms with Crippen LogP contribution < -0.4 is 11.1 Å². The van der Waals surface area contributed by atoms with E-state index in [9.17, 15) is 9.59 Å². The number of benzene rings is 1. The highest BCUT2D eigenvalue weighted by Gasteiger charge is 2.31. The zero-order chi connectivity index (χ0) is 15.2. The van der Waals surface area contributed by atoms with Gasteiger partial charge in [-0.1, -0.05) is 19.1 Å². The normalized spacial score (nSPS) is 16.0. The summed E-state index contributed by atoms with van der Waals surface area (Å²) in [6, 6.07) is 7.31. The minimum atomic E-state index is -0.327. The number of amides is 2. The lowest BCUT2D eigenvalue weighted by atomic mass is 10.1. The van der Waals surface area contributed by atoms with E-state index in [2.05, 4.69) is 5.32 Å². The standard InChI is InChI=1S/C16H23N3O2/c1-2-14(19-11-3-4-15(19)20)16(21)18-10-9-12-5-7-13(17)8-6-12/h5-8,14H,2-4,9-11,17H2,1H3,(H,18,21). The first-order chi connectivity index (χ1) is 10.1. The Kier molecular flexibility index (Phi) is 5.20. The van der Waals surface area contributed by atoms with Crippen LogP contribution in [0, 0.1) is 0 Å². The van der Waals surface area contributed by atoms with Gasteiger partial charge < -0.3 is 16.0 Å². The average molecular weight is 289 g/mol. The van der Waals surface area contributed by atoms with Gasteiger partial charge in [-0.25, -0.2) is 0 Å². The molecule has 2 rings (SSSR count). The van der Waals surface area contributed by atoms with Gasteiger partial charge in [0.1, 0.15) is 6.04 Å². The first kappa shape index (κ1) is 15.4. The number of carbonyl (C=O) groups excluding carboxylic acids is 2. The Hall–Kier alpha value is -2.04. The molecule has 0 saturated carbocycles. The van der Waals surface area contributed by atoms with Crippen LogP contribution in [0.1, 0.15) is 31.7 Å². The molecule has 1 aliphatic rings. The van der Waals surface area contributed by atoms with Crippen LogP contribution in [0.25, 0.3) is 0 Å². The third-order valence-corrected chi connectivity index (χ3v) is 3.87. The molecule has 1 aromatic carbocycles. The van der Waals surface area contributed by atoms with Crippen molar-refractivity contribution in [2.24, 2.45) is 0 Å². The largest absolute Gasteiger partial charge is 0.399 e. The first-order valence-corrected chi connectivity index (χ1v) is 7.53. The number of anilines is 1. The summed E-state index contributed by atoms with van der Waals surface area (Å²) >= 11 is 0. The summed E-state index contributed by atoms with van der Waals surface area (Å²) in [6.07, 6.45) is 2.83. The van der Waals surface area contributed by atoms with Gasteiger partial charge in [0.15, 0.2) is 0 Å². The minimum absolute atomic E-state index is 0.0526. The maximum absolute atomic E-state index is 12.2. The van der Waals surface area contributed by atoms with Crippen LogP contribution in [0.5, 0.6) is 0 Å².